The average Bonchev–Trinajstić information content (AvgIpc) is 3.38. The Morgan fingerprint density at radius 3 is 2.83 bits per heavy atom. The Morgan fingerprint density at radius 1 is 1.15 bits per heavy atom. The molecule has 5 heterocycles. The Hall–Kier alpha value is -2.80. The number of halogens is 3. The molecule has 47 heavy (non-hydrogen) atoms. The summed E-state index contributed by atoms with van der Waals surface area (Å²) in [5.41, 5.74) is 0.373. The molecule has 3 fully saturated rings. The van der Waals surface area contributed by atoms with Gasteiger partial charge in [0.1, 0.15) is 29.8 Å². The highest BCUT2D eigenvalue weighted by Crippen LogP contribution is 2.50. The van der Waals surface area contributed by atoms with Crippen molar-refractivity contribution < 1.29 is 32.5 Å². The van der Waals surface area contributed by atoms with Crippen molar-refractivity contribution in [3.05, 3.63) is 39.3 Å². The molecule has 1 amide bonds. The molecule has 1 aromatic heterocycles. The van der Waals surface area contributed by atoms with Gasteiger partial charge in [0.05, 0.1) is 30.1 Å². The van der Waals surface area contributed by atoms with E-state index >= 15 is 4.39 Å². The molecule has 0 radical (unpaired) electrons. The van der Waals surface area contributed by atoms with Crippen LogP contribution in [0, 0.1) is 5.82 Å². The van der Waals surface area contributed by atoms with Crippen molar-refractivity contribution in [3.8, 4) is 6.01 Å². The van der Waals surface area contributed by atoms with Crippen molar-refractivity contribution in [2.75, 3.05) is 56.2 Å². The van der Waals surface area contributed by atoms with Gasteiger partial charge < -0.3 is 23.8 Å². The van der Waals surface area contributed by atoms with Crippen molar-refractivity contribution in [2.24, 2.45) is 0 Å². The van der Waals surface area contributed by atoms with Gasteiger partial charge in [0.2, 0.25) is 0 Å². The van der Waals surface area contributed by atoms with E-state index in [1.807, 2.05) is 0 Å². The number of ether oxygens (including phenoxy) is 4. The van der Waals surface area contributed by atoms with E-state index in [4.69, 9.17) is 40.5 Å². The van der Waals surface area contributed by atoms with Crippen LogP contribution in [0.15, 0.2) is 6.07 Å². The van der Waals surface area contributed by atoms with Crippen LogP contribution in [-0.4, -0.2) is 84.3 Å². The van der Waals surface area contributed by atoms with Crippen LogP contribution in [0.5, 0.6) is 6.01 Å². The fourth-order valence-corrected chi connectivity index (χ4v) is 8.44. The topological polar surface area (TPSA) is 98.3 Å². The third-order valence-corrected chi connectivity index (χ3v) is 10.5. The van der Waals surface area contributed by atoms with Crippen molar-refractivity contribution in [3.63, 3.8) is 0 Å². The van der Waals surface area contributed by atoms with Crippen LogP contribution in [-0.2, 0) is 39.3 Å². The Balaban J connectivity index is 1.24. The zero-order chi connectivity index (χ0) is 33.0. The van der Waals surface area contributed by atoms with E-state index in [2.05, 4.69) is 15.1 Å². The monoisotopic (exact) mass is 675 g/mol. The Bertz CT molecular complexity index is 1530. The molecule has 3 saturated heterocycles. The predicted octanol–water partition coefficient (Wildman–Crippen LogP) is 6.10. The summed E-state index contributed by atoms with van der Waals surface area (Å²) in [4.78, 5) is 26.9. The summed E-state index contributed by atoms with van der Waals surface area (Å²) >= 11 is 6.75. The minimum atomic E-state index is -1.06. The SMILES string of the molecule is CC(C)(C)OC(=O)Nc1cc(Cl)c2c(c1F)C1(CCC2)Cc2nc(OC[C@@]34CCCN3C[C@H](F)C4)nc(N3CCCOCC3)c2CO1. The summed E-state index contributed by atoms with van der Waals surface area (Å²) in [7, 11) is 0. The van der Waals surface area contributed by atoms with Gasteiger partial charge in [-0.1, -0.05) is 11.6 Å². The molecule has 0 saturated carbocycles. The van der Waals surface area contributed by atoms with Crippen LogP contribution in [0.25, 0.3) is 0 Å². The zero-order valence-electron chi connectivity index (χ0n) is 27.4. The fraction of sp³-hybridized carbons (Fsp3) is 0.676. The number of nitrogens with one attached hydrogen (secondary N) is 1. The van der Waals surface area contributed by atoms with Gasteiger partial charge in [-0.2, -0.15) is 9.97 Å². The minimum Gasteiger partial charge on any atom is -0.461 e. The number of nitrogens with zero attached hydrogens (tertiary/aromatic N) is 4. The number of rotatable bonds is 5. The number of aromatic nitrogens is 2. The van der Waals surface area contributed by atoms with E-state index in [9.17, 15) is 9.18 Å². The van der Waals surface area contributed by atoms with Crippen LogP contribution in [0.2, 0.25) is 5.02 Å². The van der Waals surface area contributed by atoms with Crippen molar-refractivity contribution >= 4 is 29.2 Å². The first-order valence-corrected chi connectivity index (χ1v) is 17.2. The quantitative estimate of drug-likeness (QED) is 0.403. The predicted molar refractivity (Wildman–Crippen MR) is 173 cm³/mol. The molecule has 256 valence electrons. The van der Waals surface area contributed by atoms with Gasteiger partial charge >= 0.3 is 12.1 Å². The van der Waals surface area contributed by atoms with E-state index < -0.39 is 29.3 Å². The first-order valence-electron chi connectivity index (χ1n) is 16.9. The number of alkyl halides is 1. The van der Waals surface area contributed by atoms with E-state index in [0.717, 1.165) is 55.8 Å². The highest BCUT2D eigenvalue weighted by atomic mass is 35.5. The lowest BCUT2D eigenvalue weighted by molar-refractivity contribution is -0.0876. The number of hydrogen-bond acceptors (Lipinski definition) is 9. The normalized spacial score (nSPS) is 27.6. The second-order valence-corrected chi connectivity index (χ2v) is 15.0. The number of carbonyl (C=O) groups is 1. The first kappa shape index (κ1) is 32.7. The molecule has 7 rings (SSSR count). The molecular formula is C34H44ClF2N5O5. The van der Waals surface area contributed by atoms with Gasteiger partial charge in [-0.15, -0.1) is 0 Å². The minimum absolute atomic E-state index is 0.0567. The highest BCUT2D eigenvalue weighted by molar-refractivity contribution is 6.31. The Labute approximate surface area is 279 Å². The molecule has 1 aromatic carbocycles. The molecule has 5 aliphatic rings. The number of carbonyl (C=O) groups excluding carboxylic acids is 1. The highest BCUT2D eigenvalue weighted by Gasteiger charge is 2.50. The van der Waals surface area contributed by atoms with E-state index in [0.29, 0.717) is 68.3 Å². The van der Waals surface area contributed by atoms with Crippen LogP contribution in [0.4, 0.5) is 25.1 Å². The maximum absolute atomic E-state index is 16.6. The number of hydrogen-bond donors (Lipinski definition) is 1. The largest absolute Gasteiger partial charge is 0.461 e. The van der Waals surface area contributed by atoms with Crippen LogP contribution in [0.1, 0.15) is 81.7 Å². The molecule has 1 spiro atoms. The zero-order valence-corrected chi connectivity index (χ0v) is 28.2. The molecule has 2 aromatic rings. The molecule has 3 atom stereocenters. The van der Waals surface area contributed by atoms with Crippen molar-refractivity contribution in [2.45, 2.75) is 102 Å². The third kappa shape index (κ3) is 6.38. The summed E-state index contributed by atoms with van der Waals surface area (Å²) in [6, 6.07) is 1.68. The molecule has 0 bridgehead atoms. The van der Waals surface area contributed by atoms with Crippen molar-refractivity contribution in [1.82, 2.24) is 14.9 Å². The second kappa shape index (κ2) is 12.6. The lowest BCUT2D eigenvalue weighted by Crippen LogP contribution is -2.44. The summed E-state index contributed by atoms with van der Waals surface area (Å²) in [6.07, 6.45) is 3.70. The first-order chi connectivity index (χ1) is 22.5. The third-order valence-electron chi connectivity index (χ3n) is 10.2. The summed E-state index contributed by atoms with van der Waals surface area (Å²) in [5.74, 6) is 0.145. The maximum Gasteiger partial charge on any atom is 0.412 e. The molecule has 4 aliphatic heterocycles. The molecular weight excluding hydrogens is 632 g/mol. The Kier molecular flexibility index (Phi) is 8.76. The summed E-state index contributed by atoms with van der Waals surface area (Å²) in [5, 5.41) is 2.92. The lowest BCUT2D eigenvalue weighted by atomic mass is 9.74. The smallest absolute Gasteiger partial charge is 0.412 e. The number of fused-ring (bicyclic) bond motifs is 4. The van der Waals surface area contributed by atoms with Gasteiger partial charge in [0, 0.05) is 55.2 Å². The molecule has 10 nitrogen and oxygen atoms in total. The van der Waals surface area contributed by atoms with E-state index in [-0.39, 0.29) is 30.3 Å². The van der Waals surface area contributed by atoms with Crippen molar-refractivity contribution in [1.29, 1.82) is 0 Å². The number of benzene rings is 1. The molecule has 1 aliphatic carbocycles. The van der Waals surface area contributed by atoms with Gasteiger partial charge in [-0.3, -0.25) is 10.2 Å². The number of anilines is 2. The van der Waals surface area contributed by atoms with E-state index in [1.54, 1.807) is 20.8 Å². The van der Waals surface area contributed by atoms with Crippen LogP contribution in [0.3, 0.4) is 0 Å². The lowest BCUT2D eigenvalue weighted by Gasteiger charge is -2.43. The van der Waals surface area contributed by atoms with Gasteiger partial charge in [-0.05, 0) is 77.5 Å². The van der Waals surface area contributed by atoms with Crippen LogP contribution < -0.4 is 15.0 Å². The van der Waals surface area contributed by atoms with Gasteiger partial charge in [0.15, 0.2) is 5.82 Å². The summed E-state index contributed by atoms with van der Waals surface area (Å²) < 4.78 is 55.2. The van der Waals surface area contributed by atoms with Gasteiger partial charge in [-0.25, -0.2) is 13.6 Å². The average molecular weight is 676 g/mol. The molecule has 13 heteroatoms. The summed E-state index contributed by atoms with van der Waals surface area (Å²) in [6.45, 7) is 9.66. The molecule has 1 N–H and O–H groups in total. The Morgan fingerprint density at radius 2 is 2.00 bits per heavy atom. The second-order valence-electron chi connectivity index (χ2n) is 14.6. The standard InChI is InChI=1S/C34H44ClF2N5O5/c1-32(2,3)47-31(43)39-25-15-24(35)22-7-4-9-34(27(22)28(25)37)17-26-23(19-46-34)29(41-10-6-13-44-14-12-41)40-30(38-26)45-20-33-8-5-11-42(33)18-21(36)16-33/h15,21H,4-14,16-20H2,1-3H3,(H,39,43)/t21-,33+,34?/m1/s1. The fourth-order valence-electron chi connectivity index (χ4n) is 8.14. The van der Waals surface area contributed by atoms with Crippen LogP contribution >= 0.6 is 11.6 Å². The molecule has 1 unspecified atom stereocenters. The van der Waals surface area contributed by atoms with Gasteiger partial charge in [0.25, 0.3) is 0 Å². The number of amides is 1. The maximum atomic E-state index is 16.6. The van der Waals surface area contributed by atoms with E-state index in [1.165, 1.54) is 6.07 Å².